The van der Waals surface area contributed by atoms with E-state index in [0.717, 1.165) is 61.6 Å². The average molecular weight is 692 g/mol. The van der Waals surface area contributed by atoms with Crippen LogP contribution in [0.15, 0.2) is 78.9 Å². The van der Waals surface area contributed by atoms with Crippen molar-refractivity contribution in [2.45, 2.75) is 58.2 Å². The zero-order valence-electron chi connectivity index (χ0n) is 29.3. The van der Waals surface area contributed by atoms with E-state index in [1.165, 1.54) is 30.8 Å². The number of nitrogens with one attached hydrogen (secondary N) is 3. The highest BCUT2D eigenvalue weighted by atomic mass is 32.2. The minimum atomic E-state index is -3.66. The molecule has 1 aliphatic heterocycles. The van der Waals surface area contributed by atoms with Crippen molar-refractivity contribution in [1.29, 1.82) is 0 Å². The molecule has 1 heterocycles. The predicted octanol–water partition coefficient (Wildman–Crippen LogP) is 4.06. The van der Waals surface area contributed by atoms with E-state index in [1.54, 1.807) is 0 Å². The molecule has 0 saturated carbocycles. The molecule has 0 aliphatic carbocycles. The molecule has 0 aromatic heterocycles. The van der Waals surface area contributed by atoms with Crippen LogP contribution in [0.25, 0.3) is 0 Å². The molecule has 0 radical (unpaired) electrons. The van der Waals surface area contributed by atoms with Crippen LogP contribution in [0.1, 0.15) is 65.0 Å². The monoisotopic (exact) mass is 691 g/mol. The van der Waals surface area contributed by atoms with Gasteiger partial charge >= 0.3 is 0 Å². The van der Waals surface area contributed by atoms with E-state index in [9.17, 15) is 23.1 Å². The summed E-state index contributed by atoms with van der Waals surface area (Å²) in [6.45, 7) is 8.57. The van der Waals surface area contributed by atoms with Crippen LogP contribution in [-0.4, -0.2) is 88.4 Å². The highest BCUT2D eigenvalue weighted by molar-refractivity contribution is 7.92. The fourth-order valence-corrected chi connectivity index (χ4v) is 6.51. The molecular formula is C38H53N5O5S. The van der Waals surface area contributed by atoms with Crippen LogP contribution in [-0.2, 0) is 23.0 Å². The summed E-state index contributed by atoms with van der Waals surface area (Å²) in [5.41, 5.74) is 2.78. The number of aliphatic hydroxyl groups is 1. The summed E-state index contributed by atoms with van der Waals surface area (Å²) in [7, 11) is -2.28. The summed E-state index contributed by atoms with van der Waals surface area (Å²) < 4.78 is 25.8. The van der Waals surface area contributed by atoms with Crippen molar-refractivity contribution in [1.82, 2.24) is 20.9 Å². The summed E-state index contributed by atoms with van der Waals surface area (Å²) in [4.78, 5) is 29.3. The Morgan fingerprint density at radius 3 is 2.08 bits per heavy atom. The van der Waals surface area contributed by atoms with E-state index in [4.69, 9.17) is 0 Å². The summed E-state index contributed by atoms with van der Waals surface area (Å²) in [6, 6.07) is 23.9. The Hall–Kier alpha value is -3.77. The third-order valence-corrected chi connectivity index (χ3v) is 10.3. The summed E-state index contributed by atoms with van der Waals surface area (Å²) >= 11 is 0. The molecule has 11 heteroatoms. The second kappa shape index (κ2) is 18.3. The molecule has 2 atom stereocenters. The number of nitrogens with zero attached hydrogens (tertiary/aromatic N) is 2. The fourth-order valence-electron chi connectivity index (χ4n) is 6.02. The summed E-state index contributed by atoms with van der Waals surface area (Å²) in [5.74, 6) is -0.0801. The Labute approximate surface area is 292 Å². The number of piperidine rings is 1. The lowest BCUT2D eigenvalue weighted by Gasteiger charge is -2.32. The molecule has 0 unspecified atom stereocenters. The standard InChI is InChI=1S/C38H53N5O5S/c1-28(2)25-40-37(45)32-22-33(24-34(23-32)42(3)49(4,47)48)38(46)41-35(21-30-11-7-5-8-12-30)36(44)26-39-18-15-29-16-19-43(20-17-29)27-31-13-9-6-10-14-31/h5-14,22-24,28-29,35-36,39,44H,15-21,25-27H2,1-4H3,(H,40,45)(H,41,46)/t35-,36+/m0/s1. The molecular weight excluding hydrogens is 639 g/mol. The lowest BCUT2D eigenvalue weighted by Crippen LogP contribution is -2.49. The Morgan fingerprint density at radius 2 is 1.49 bits per heavy atom. The Morgan fingerprint density at radius 1 is 0.898 bits per heavy atom. The van der Waals surface area contributed by atoms with Crippen LogP contribution in [0.5, 0.6) is 0 Å². The number of hydrogen-bond donors (Lipinski definition) is 4. The summed E-state index contributed by atoms with van der Waals surface area (Å²) in [5, 5.41) is 20.6. The Bertz CT molecular complexity index is 1600. The molecule has 3 aromatic rings. The first-order valence-corrected chi connectivity index (χ1v) is 19.1. The van der Waals surface area contributed by atoms with Crippen molar-refractivity contribution in [2.24, 2.45) is 11.8 Å². The maximum Gasteiger partial charge on any atom is 0.251 e. The smallest absolute Gasteiger partial charge is 0.251 e. The van der Waals surface area contributed by atoms with Crippen molar-refractivity contribution in [3.05, 3.63) is 101 Å². The zero-order valence-corrected chi connectivity index (χ0v) is 30.1. The van der Waals surface area contributed by atoms with Crippen molar-refractivity contribution in [3.63, 3.8) is 0 Å². The van der Waals surface area contributed by atoms with Crippen LogP contribution < -0.4 is 20.3 Å². The molecule has 1 fully saturated rings. The number of carbonyl (C=O) groups is 2. The van der Waals surface area contributed by atoms with Crippen LogP contribution >= 0.6 is 0 Å². The van der Waals surface area contributed by atoms with Gasteiger partial charge in [0.1, 0.15) is 0 Å². The number of anilines is 1. The molecule has 4 N–H and O–H groups in total. The van der Waals surface area contributed by atoms with Gasteiger partial charge in [-0.15, -0.1) is 0 Å². The van der Waals surface area contributed by atoms with Gasteiger partial charge in [-0.1, -0.05) is 74.5 Å². The molecule has 4 rings (SSSR count). The zero-order chi connectivity index (χ0) is 35.4. The van der Waals surface area contributed by atoms with Gasteiger partial charge in [0.25, 0.3) is 11.8 Å². The first-order chi connectivity index (χ1) is 23.4. The lowest BCUT2D eigenvalue weighted by atomic mass is 9.93. The normalized spacial score (nSPS) is 15.5. The Kier molecular flexibility index (Phi) is 14.2. The fraction of sp³-hybridized carbons (Fsp3) is 0.474. The molecule has 49 heavy (non-hydrogen) atoms. The van der Waals surface area contributed by atoms with Gasteiger partial charge in [0.2, 0.25) is 10.0 Å². The van der Waals surface area contributed by atoms with Gasteiger partial charge in [0.05, 0.1) is 24.1 Å². The molecule has 1 saturated heterocycles. The van der Waals surface area contributed by atoms with Crippen molar-refractivity contribution in [3.8, 4) is 0 Å². The maximum atomic E-state index is 13.7. The number of benzene rings is 3. The highest BCUT2D eigenvalue weighted by Crippen LogP contribution is 2.23. The molecule has 0 bridgehead atoms. The molecule has 1 aliphatic rings. The van der Waals surface area contributed by atoms with Gasteiger partial charge in [-0.25, -0.2) is 8.42 Å². The van der Waals surface area contributed by atoms with E-state index in [-0.39, 0.29) is 22.7 Å². The van der Waals surface area contributed by atoms with Gasteiger partial charge in [-0.3, -0.25) is 18.8 Å². The van der Waals surface area contributed by atoms with Gasteiger partial charge in [-0.2, -0.15) is 0 Å². The molecule has 10 nitrogen and oxygen atoms in total. The van der Waals surface area contributed by atoms with Crippen LogP contribution in [0.3, 0.4) is 0 Å². The van der Waals surface area contributed by atoms with E-state index >= 15 is 0 Å². The number of carbonyl (C=O) groups excluding carboxylic acids is 2. The second-order valence-corrected chi connectivity index (χ2v) is 15.7. The Balaban J connectivity index is 1.39. The molecule has 266 valence electrons. The molecule has 0 spiro atoms. The number of likely N-dealkylation sites (tertiary alicyclic amines) is 1. The number of amides is 2. The van der Waals surface area contributed by atoms with Gasteiger partial charge in [0.15, 0.2) is 0 Å². The summed E-state index contributed by atoms with van der Waals surface area (Å²) in [6.07, 6.45) is 3.87. The van der Waals surface area contributed by atoms with E-state index < -0.39 is 34.0 Å². The predicted molar refractivity (Wildman–Crippen MR) is 196 cm³/mol. The molecule has 2 amide bonds. The van der Waals surface area contributed by atoms with E-state index in [1.807, 2.05) is 50.2 Å². The number of aliphatic hydroxyl groups excluding tert-OH is 1. The first kappa shape index (κ1) is 38.0. The van der Waals surface area contributed by atoms with Crippen LogP contribution in [0, 0.1) is 11.8 Å². The third kappa shape index (κ3) is 12.3. The van der Waals surface area contributed by atoms with Crippen molar-refractivity contribution in [2.75, 3.05) is 50.3 Å². The SMILES string of the molecule is CC(C)CNC(=O)c1cc(C(=O)N[C@@H](Cc2ccccc2)[C@H](O)CNCCC2CCN(Cc3ccccc3)CC2)cc(N(C)S(C)(=O)=O)c1. The third-order valence-electron chi connectivity index (χ3n) is 9.09. The largest absolute Gasteiger partial charge is 0.390 e. The lowest BCUT2D eigenvalue weighted by molar-refractivity contribution is 0.0829. The topological polar surface area (TPSA) is 131 Å². The van der Waals surface area contributed by atoms with E-state index in [2.05, 4.69) is 45.1 Å². The van der Waals surface area contributed by atoms with E-state index in [0.29, 0.717) is 25.4 Å². The van der Waals surface area contributed by atoms with Crippen molar-refractivity contribution >= 4 is 27.5 Å². The first-order valence-electron chi connectivity index (χ1n) is 17.3. The van der Waals surface area contributed by atoms with Gasteiger partial charge in [0, 0.05) is 37.8 Å². The van der Waals surface area contributed by atoms with Gasteiger partial charge in [-0.05, 0) is 86.5 Å². The number of hydrogen-bond acceptors (Lipinski definition) is 7. The minimum Gasteiger partial charge on any atom is -0.390 e. The quantitative estimate of drug-likeness (QED) is 0.157. The highest BCUT2D eigenvalue weighted by Gasteiger charge is 2.25. The number of sulfonamides is 1. The number of rotatable bonds is 17. The van der Waals surface area contributed by atoms with Crippen LogP contribution in [0.4, 0.5) is 5.69 Å². The maximum absolute atomic E-state index is 13.7. The molecule has 3 aromatic carbocycles. The second-order valence-electron chi connectivity index (χ2n) is 13.6. The van der Waals surface area contributed by atoms with Gasteiger partial charge < -0.3 is 21.1 Å². The minimum absolute atomic E-state index is 0.125. The van der Waals surface area contributed by atoms with Crippen molar-refractivity contribution < 1.29 is 23.1 Å². The average Bonchev–Trinajstić information content (AvgIpc) is 3.09. The van der Waals surface area contributed by atoms with Crippen LogP contribution in [0.2, 0.25) is 0 Å².